The molecule has 0 aliphatic carbocycles. The number of aryl methyl sites for hydroxylation is 2. The predicted molar refractivity (Wildman–Crippen MR) is 83.4 cm³/mol. The van der Waals surface area contributed by atoms with Gasteiger partial charge in [-0.05, 0) is 50.1 Å². The maximum absolute atomic E-state index is 12.3. The maximum atomic E-state index is 12.3. The Morgan fingerprint density at radius 3 is 2.67 bits per heavy atom. The van der Waals surface area contributed by atoms with E-state index in [2.05, 4.69) is 5.10 Å². The van der Waals surface area contributed by atoms with Crippen molar-refractivity contribution in [1.82, 2.24) is 4.68 Å². The number of benzene rings is 1. The van der Waals surface area contributed by atoms with E-state index in [0.29, 0.717) is 22.7 Å². The van der Waals surface area contributed by atoms with Gasteiger partial charge in [0.2, 0.25) is 0 Å². The molecule has 0 saturated carbocycles. The molecule has 0 bridgehead atoms. The Bertz CT molecular complexity index is 825. The van der Waals surface area contributed by atoms with Crippen LogP contribution in [0.5, 0.6) is 0 Å². The lowest BCUT2D eigenvalue weighted by Crippen LogP contribution is -2.23. The summed E-state index contributed by atoms with van der Waals surface area (Å²) in [6.07, 6.45) is 0. The Labute approximate surface area is 123 Å². The smallest absolute Gasteiger partial charge is 0.289 e. The summed E-state index contributed by atoms with van der Waals surface area (Å²) < 4.78 is 1.25. The number of aromatic nitrogens is 1. The van der Waals surface area contributed by atoms with Crippen LogP contribution in [0.25, 0.3) is 0 Å². The van der Waals surface area contributed by atoms with Crippen molar-refractivity contribution in [2.45, 2.75) is 20.8 Å². The molecular weight excluding hydrogens is 264 g/mol. The lowest BCUT2D eigenvalue weighted by atomic mass is 10.1. The normalized spacial score (nSPS) is 11.2. The molecule has 106 valence electrons. The molecule has 2 rings (SSSR count). The zero-order valence-electron chi connectivity index (χ0n) is 12.2. The van der Waals surface area contributed by atoms with Gasteiger partial charge in [-0.15, -0.1) is 0 Å². The van der Waals surface area contributed by atoms with Gasteiger partial charge < -0.3 is 5.73 Å². The quantitative estimate of drug-likeness (QED) is 0.676. The molecule has 0 aliphatic rings. The highest BCUT2D eigenvalue weighted by molar-refractivity contribution is 5.99. The minimum Gasteiger partial charge on any atom is -0.399 e. The van der Waals surface area contributed by atoms with E-state index in [-0.39, 0.29) is 5.56 Å². The molecule has 0 saturated heterocycles. The number of anilines is 1. The van der Waals surface area contributed by atoms with Gasteiger partial charge in [0, 0.05) is 11.4 Å². The summed E-state index contributed by atoms with van der Waals surface area (Å²) in [6.45, 7) is 5.32. The summed E-state index contributed by atoms with van der Waals surface area (Å²) in [5.74, 6) is 0. The second kappa shape index (κ2) is 5.63. The standard InChI is InChI=1S/C16H16N4O/c1-10-7-11(2)20(16(21)15(10)9-17)19-12(3)13-5-4-6-14(18)8-13/h4-8H,18H2,1-3H3. The topological polar surface area (TPSA) is 84.2 Å². The highest BCUT2D eigenvalue weighted by Crippen LogP contribution is 2.10. The highest BCUT2D eigenvalue weighted by Gasteiger charge is 2.10. The first-order chi connectivity index (χ1) is 9.93. The molecule has 1 heterocycles. The second-order valence-corrected chi connectivity index (χ2v) is 4.88. The first-order valence-electron chi connectivity index (χ1n) is 6.49. The molecule has 0 fully saturated rings. The predicted octanol–water partition coefficient (Wildman–Crippen LogP) is 2.19. The van der Waals surface area contributed by atoms with Crippen molar-refractivity contribution >= 4 is 11.4 Å². The van der Waals surface area contributed by atoms with Crippen molar-refractivity contribution in [3.05, 3.63) is 63.1 Å². The Balaban J connectivity index is 2.61. The van der Waals surface area contributed by atoms with Crippen molar-refractivity contribution in [2.24, 2.45) is 5.10 Å². The van der Waals surface area contributed by atoms with E-state index in [4.69, 9.17) is 11.0 Å². The third kappa shape index (κ3) is 2.84. The molecule has 0 aliphatic heterocycles. The molecule has 0 amide bonds. The van der Waals surface area contributed by atoms with E-state index in [1.807, 2.05) is 18.2 Å². The molecule has 2 aromatic rings. The highest BCUT2D eigenvalue weighted by atomic mass is 16.1. The molecule has 5 nitrogen and oxygen atoms in total. The van der Waals surface area contributed by atoms with Gasteiger partial charge in [-0.1, -0.05) is 12.1 Å². The number of nitrogens with two attached hydrogens (primary N) is 1. The van der Waals surface area contributed by atoms with Crippen molar-refractivity contribution < 1.29 is 0 Å². The van der Waals surface area contributed by atoms with Crippen LogP contribution in [0.4, 0.5) is 5.69 Å². The SMILES string of the molecule is CC(=Nn1c(C)cc(C)c(C#N)c1=O)c1cccc(N)c1. The molecule has 0 unspecified atom stereocenters. The van der Waals surface area contributed by atoms with Crippen LogP contribution in [0.15, 0.2) is 40.2 Å². The summed E-state index contributed by atoms with van der Waals surface area (Å²) in [5.41, 5.74) is 8.92. The summed E-state index contributed by atoms with van der Waals surface area (Å²) in [5, 5.41) is 13.4. The number of hydrogen-bond acceptors (Lipinski definition) is 4. The Kier molecular flexibility index (Phi) is 3.90. The summed E-state index contributed by atoms with van der Waals surface area (Å²) in [4.78, 5) is 12.3. The average molecular weight is 280 g/mol. The van der Waals surface area contributed by atoms with Crippen LogP contribution < -0.4 is 11.3 Å². The van der Waals surface area contributed by atoms with E-state index in [0.717, 1.165) is 5.56 Å². The van der Waals surface area contributed by atoms with Crippen LogP contribution in [0, 0.1) is 25.2 Å². The van der Waals surface area contributed by atoms with Gasteiger partial charge >= 0.3 is 0 Å². The van der Waals surface area contributed by atoms with Crippen LogP contribution in [0.2, 0.25) is 0 Å². The van der Waals surface area contributed by atoms with Gasteiger partial charge in [0.15, 0.2) is 0 Å². The van der Waals surface area contributed by atoms with Crippen LogP contribution in [0.3, 0.4) is 0 Å². The van der Waals surface area contributed by atoms with Crippen LogP contribution >= 0.6 is 0 Å². The van der Waals surface area contributed by atoms with E-state index in [1.165, 1.54) is 4.68 Å². The number of hydrogen-bond donors (Lipinski definition) is 1. The zero-order valence-corrected chi connectivity index (χ0v) is 12.2. The van der Waals surface area contributed by atoms with Crippen LogP contribution in [0.1, 0.15) is 29.3 Å². The van der Waals surface area contributed by atoms with Gasteiger partial charge in [0.1, 0.15) is 11.6 Å². The first-order valence-corrected chi connectivity index (χ1v) is 6.49. The van der Waals surface area contributed by atoms with Crippen molar-refractivity contribution in [3.63, 3.8) is 0 Å². The largest absolute Gasteiger partial charge is 0.399 e. The van der Waals surface area contributed by atoms with Crippen molar-refractivity contribution in [3.8, 4) is 6.07 Å². The molecule has 1 aromatic carbocycles. The third-order valence-electron chi connectivity index (χ3n) is 3.23. The van der Waals surface area contributed by atoms with E-state index < -0.39 is 5.56 Å². The number of nitrogen functional groups attached to an aromatic ring is 1. The molecule has 1 aromatic heterocycles. The number of rotatable bonds is 2. The number of nitriles is 1. The number of nitrogens with zero attached hydrogens (tertiary/aromatic N) is 3. The van der Waals surface area contributed by atoms with Gasteiger partial charge in [-0.2, -0.15) is 10.4 Å². The fraction of sp³-hybridized carbons (Fsp3) is 0.188. The Hall–Kier alpha value is -2.87. The molecule has 21 heavy (non-hydrogen) atoms. The fourth-order valence-corrected chi connectivity index (χ4v) is 2.11. The summed E-state index contributed by atoms with van der Waals surface area (Å²) in [6, 6.07) is 11.0. The van der Waals surface area contributed by atoms with E-state index in [9.17, 15) is 4.79 Å². The van der Waals surface area contributed by atoms with Gasteiger partial charge in [-0.3, -0.25) is 4.79 Å². The minimum absolute atomic E-state index is 0.115. The van der Waals surface area contributed by atoms with Gasteiger partial charge in [0.25, 0.3) is 5.56 Å². The fourth-order valence-electron chi connectivity index (χ4n) is 2.11. The number of pyridine rings is 1. The van der Waals surface area contributed by atoms with Crippen LogP contribution in [-0.4, -0.2) is 10.4 Å². The van der Waals surface area contributed by atoms with E-state index >= 15 is 0 Å². The molecule has 0 atom stereocenters. The molecule has 2 N–H and O–H groups in total. The van der Waals surface area contributed by atoms with E-state index in [1.54, 1.807) is 39.0 Å². The maximum Gasteiger partial charge on any atom is 0.289 e. The summed E-state index contributed by atoms with van der Waals surface area (Å²) >= 11 is 0. The van der Waals surface area contributed by atoms with Gasteiger partial charge in [-0.25, -0.2) is 4.68 Å². The lowest BCUT2D eigenvalue weighted by Gasteiger charge is -2.08. The molecule has 5 heteroatoms. The molecule has 0 radical (unpaired) electrons. The van der Waals surface area contributed by atoms with Crippen molar-refractivity contribution in [2.75, 3.05) is 5.73 Å². The van der Waals surface area contributed by atoms with Gasteiger partial charge in [0.05, 0.1) is 5.71 Å². The Morgan fingerprint density at radius 2 is 2.05 bits per heavy atom. The monoisotopic (exact) mass is 280 g/mol. The lowest BCUT2D eigenvalue weighted by molar-refractivity contribution is 0.781. The second-order valence-electron chi connectivity index (χ2n) is 4.88. The Morgan fingerprint density at radius 1 is 1.33 bits per heavy atom. The zero-order chi connectivity index (χ0) is 15.6. The minimum atomic E-state index is -0.404. The summed E-state index contributed by atoms with van der Waals surface area (Å²) in [7, 11) is 0. The average Bonchev–Trinajstić information content (AvgIpc) is 2.43. The molecule has 0 spiro atoms. The van der Waals surface area contributed by atoms with Crippen molar-refractivity contribution in [1.29, 1.82) is 5.26 Å². The molecular formula is C16H16N4O. The third-order valence-corrected chi connectivity index (χ3v) is 3.23. The first kappa shape index (κ1) is 14.5. The van der Waals surface area contributed by atoms with Crippen LogP contribution in [-0.2, 0) is 0 Å².